The molecule has 0 saturated carbocycles. The zero-order valence-electron chi connectivity index (χ0n) is 9.81. The van der Waals surface area contributed by atoms with Crippen LogP contribution in [0.15, 0.2) is 15.9 Å². The number of hydrogen-bond acceptors (Lipinski definition) is 5. The summed E-state index contributed by atoms with van der Waals surface area (Å²) in [4.78, 5) is 15.4. The number of imidazole rings is 1. The fraction of sp³-hybridized carbons (Fsp3) is 0.300. The SMILES string of the molecule is Cc1nc([N+](=O)[O-])c(NCc2ccc(Br)s2)n1C. The maximum atomic E-state index is 10.9. The van der Waals surface area contributed by atoms with E-state index in [4.69, 9.17) is 0 Å². The van der Waals surface area contributed by atoms with Gasteiger partial charge in [0.1, 0.15) is 0 Å². The van der Waals surface area contributed by atoms with Gasteiger partial charge in [-0.3, -0.25) is 4.57 Å². The molecule has 2 rings (SSSR count). The highest BCUT2D eigenvalue weighted by molar-refractivity contribution is 9.11. The van der Waals surface area contributed by atoms with Crippen LogP contribution in [0.5, 0.6) is 0 Å². The molecule has 6 nitrogen and oxygen atoms in total. The van der Waals surface area contributed by atoms with Crippen molar-refractivity contribution in [1.29, 1.82) is 0 Å². The summed E-state index contributed by atoms with van der Waals surface area (Å²) < 4.78 is 2.72. The van der Waals surface area contributed by atoms with Gasteiger partial charge >= 0.3 is 5.82 Å². The molecule has 0 bridgehead atoms. The van der Waals surface area contributed by atoms with Gasteiger partial charge in [0, 0.05) is 18.8 Å². The number of aromatic nitrogens is 2. The number of nitrogens with one attached hydrogen (secondary N) is 1. The van der Waals surface area contributed by atoms with Crippen LogP contribution in [-0.2, 0) is 13.6 Å². The first-order valence-corrected chi connectivity index (χ1v) is 6.75. The van der Waals surface area contributed by atoms with Crippen molar-refractivity contribution in [3.8, 4) is 0 Å². The van der Waals surface area contributed by atoms with E-state index in [-0.39, 0.29) is 5.82 Å². The first kappa shape index (κ1) is 13.0. The molecule has 2 aromatic heterocycles. The second-order valence-corrected chi connectivity index (χ2v) is 6.25. The number of anilines is 1. The van der Waals surface area contributed by atoms with Crippen molar-refractivity contribution in [2.45, 2.75) is 13.5 Å². The van der Waals surface area contributed by atoms with Crippen molar-refractivity contribution in [2.24, 2.45) is 7.05 Å². The molecule has 1 N–H and O–H groups in total. The highest BCUT2D eigenvalue weighted by atomic mass is 79.9. The van der Waals surface area contributed by atoms with Crippen LogP contribution in [-0.4, -0.2) is 14.5 Å². The number of aryl methyl sites for hydroxylation is 1. The molecule has 0 unspecified atom stereocenters. The standard InChI is InChI=1S/C10H11BrN4O2S/c1-6-13-10(15(16)17)9(14(6)2)12-5-7-3-4-8(11)18-7/h3-4,12H,5H2,1-2H3. The molecule has 0 spiro atoms. The van der Waals surface area contributed by atoms with E-state index in [1.807, 2.05) is 12.1 Å². The Balaban J connectivity index is 2.20. The molecule has 0 radical (unpaired) electrons. The van der Waals surface area contributed by atoms with Crippen molar-refractivity contribution in [3.05, 3.63) is 36.7 Å². The molecule has 0 amide bonds. The number of nitrogens with zero attached hydrogens (tertiary/aromatic N) is 3. The molecule has 0 aliphatic carbocycles. The fourth-order valence-electron chi connectivity index (χ4n) is 1.54. The molecule has 0 aliphatic heterocycles. The number of halogens is 1. The number of thiophene rings is 1. The Kier molecular flexibility index (Phi) is 3.67. The summed E-state index contributed by atoms with van der Waals surface area (Å²) in [6.07, 6.45) is 0. The highest BCUT2D eigenvalue weighted by Crippen LogP contribution is 2.26. The molecule has 0 aromatic carbocycles. The van der Waals surface area contributed by atoms with Crippen LogP contribution in [0.2, 0.25) is 0 Å². The third-order valence-electron chi connectivity index (χ3n) is 2.53. The number of hydrogen-bond donors (Lipinski definition) is 1. The van der Waals surface area contributed by atoms with Crippen LogP contribution in [0, 0.1) is 17.0 Å². The molecular formula is C10H11BrN4O2S. The van der Waals surface area contributed by atoms with Crippen molar-refractivity contribution >= 4 is 38.9 Å². The number of rotatable bonds is 4. The van der Waals surface area contributed by atoms with E-state index in [0.29, 0.717) is 18.2 Å². The smallest absolute Gasteiger partial charge is 0.359 e. The Morgan fingerprint density at radius 2 is 2.33 bits per heavy atom. The summed E-state index contributed by atoms with van der Waals surface area (Å²) in [5.74, 6) is 0.907. The van der Waals surface area contributed by atoms with Crippen LogP contribution in [0.4, 0.5) is 11.6 Å². The van der Waals surface area contributed by atoms with Crippen molar-refractivity contribution in [3.63, 3.8) is 0 Å². The van der Waals surface area contributed by atoms with Gasteiger partial charge in [0.15, 0.2) is 0 Å². The van der Waals surface area contributed by atoms with Gasteiger partial charge < -0.3 is 15.4 Å². The lowest BCUT2D eigenvalue weighted by atomic mass is 10.4. The topological polar surface area (TPSA) is 73.0 Å². The minimum atomic E-state index is -0.473. The molecule has 8 heteroatoms. The van der Waals surface area contributed by atoms with Crippen LogP contribution in [0.25, 0.3) is 0 Å². The lowest BCUT2D eigenvalue weighted by Gasteiger charge is -2.04. The van der Waals surface area contributed by atoms with Gasteiger partial charge in [-0.1, -0.05) is 0 Å². The minimum Gasteiger partial charge on any atom is -0.359 e. The van der Waals surface area contributed by atoms with Crippen LogP contribution in [0.1, 0.15) is 10.7 Å². The van der Waals surface area contributed by atoms with Crippen LogP contribution >= 0.6 is 27.3 Å². The molecule has 0 fully saturated rings. The van der Waals surface area contributed by atoms with Gasteiger partial charge in [0.05, 0.1) is 10.3 Å². The fourth-order valence-corrected chi connectivity index (χ4v) is 2.96. The van der Waals surface area contributed by atoms with Gasteiger partial charge in [-0.25, -0.2) is 0 Å². The van der Waals surface area contributed by atoms with Crippen LogP contribution in [0.3, 0.4) is 0 Å². The molecule has 0 atom stereocenters. The quantitative estimate of drug-likeness (QED) is 0.690. The third kappa shape index (κ3) is 2.54. The summed E-state index contributed by atoms with van der Waals surface area (Å²) >= 11 is 4.97. The van der Waals surface area contributed by atoms with E-state index in [1.54, 1.807) is 29.9 Å². The average molecular weight is 331 g/mol. The largest absolute Gasteiger partial charge is 0.406 e. The first-order chi connectivity index (χ1) is 8.49. The van der Waals surface area contributed by atoms with Crippen molar-refractivity contribution < 1.29 is 4.92 Å². The van der Waals surface area contributed by atoms with E-state index in [1.165, 1.54) is 0 Å². The zero-order chi connectivity index (χ0) is 13.3. The lowest BCUT2D eigenvalue weighted by molar-refractivity contribution is -0.388. The maximum Gasteiger partial charge on any atom is 0.406 e. The summed E-state index contributed by atoms with van der Waals surface area (Å²) in [7, 11) is 1.75. The third-order valence-corrected chi connectivity index (χ3v) is 4.16. The summed E-state index contributed by atoms with van der Waals surface area (Å²) in [5, 5.41) is 13.9. The first-order valence-electron chi connectivity index (χ1n) is 5.15. The van der Waals surface area contributed by atoms with E-state index >= 15 is 0 Å². The lowest BCUT2D eigenvalue weighted by Crippen LogP contribution is -2.05. The molecule has 96 valence electrons. The van der Waals surface area contributed by atoms with Crippen molar-refractivity contribution in [1.82, 2.24) is 9.55 Å². The van der Waals surface area contributed by atoms with Gasteiger partial charge in [0.25, 0.3) is 0 Å². The Hall–Kier alpha value is -1.41. The normalized spacial score (nSPS) is 10.6. The summed E-state index contributed by atoms with van der Waals surface area (Å²) in [5.41, 5.74) is 0. The summed E-state index contributed by atoms with van der Waals surface area (Å²) in [6, 6.07) is 3.92. The summed E-state index contributed by atoms with van der Waals surface area (Å²) in [6.45, 7) is 2.27. The zero-order valence-corrected chi connectivity index (χ0v) is 12.2. The van der Waals surface area contributed by atoms with Gasteiger partial charge in [-0.15, -0.1) is 11.3 Å². The Morgan fingerprint density at radius 1 is 1.61 bits per heavy atom. The van der Waals surface area contributed by atoms with E-state index in [2.05, 4.69) is 26.2 Å². The van der Waals surface area contributed by atoms with Crippen molar-refractivity contribution in [2.75, 3.05) is 5.32 Å². The molecule has 2 heterocycles. The van der Waals surface area contributed by atoms with E-state index < -0.39 is 4.92 Å². The molecule has 0 aliphatic rings. The van der Waals surface area contributed by atoms with E-state index in [9.17, 15) is 10.1 Å². The maximum absolute atomic E-state index is 10.9. The Labute approximate surface area is 116 Å². The van der Waals surface area contributed by atoms with Gasteiger partial charge in [0.2, 0.25) is 11.6 Å². The Morgan fingerprint density at radius 3 is 2.89 bits per heavy atom. The van der Waals surface area contributed by atoms with Gasteiger partial charge in [-0.05, 0) is 38.0 Å². The monoisotopic (exact) mass is 330 g/mol. The second kappa shape index (κ2) is 5.07. The predicted molar refractivity (Wildman–Crippen MR) is 73.9 cm³/mol. The predicted octanol–water partition coefficient (Wildman–Crippen LogP) is 3.07. The van der Waals surface area contributed by atoms with E-state index in [0.717, 1.165) is 8.66 Å². The molecule has 18 heavy (non-hydrogen) atoms. The molecule has 2 aromatic rings. The molecule has 0 saturated heterocycles. The van der Waals surface area contributed by atoms with Gasteiger partial charge in [-0.2, -0.15) is 0 Å². The Bertz CT molecular complexity index is 593. The minimum absolute atomic E-state index is 0.134. The number of nitro groups is 1. The average Bonchev–Trinajstić information content (AvgIpc) is 2.83. The van der Waals surface area contributed by atoms with Crippen LogP contribution < -0.4 is 5.32 Å². The second-order valence-electron chi connectivity index (χ2n) is 3.71. The highest BCUT2D eigenvalue weighted by Gasteiger charge is 2.23. The molecular weight excluding hydrogens is 320 g/mol.